The van der Waals surface area contributed by atoms with E-state index in [4.69, 9.17) is 11.6 Å². The number of thiazole rings is 1. The molecule has 0 spiro atoms. The fraction of sp³-hybridized carbons (Fsp3) is 0.200. The Morgan fingerprint density at radius 2 is 1.69 bits per heavy atom. The lowest BCUT2D eigenvalue weighted by Crippen LogP contribution is -2.24. The summed E-state index contributed by atoms with van der Waals surface area (Å²) in [6.45, 7) is -0.317. The van der Waals surface area contributed by atoms with Crippen molar-refractivity contribution in [1.82, 2.24) is 19.0 Å². The zero-order valence-electron chi connectivity index (χ0n) is 15.1. The maximum absolute atomic E-state index is 12.4. The second-order valence-corrected chi connectivity index (χ2v) is 10.9. The van der Waals surface area contributed by atoms with Gasteiger partial charge in [0.2, 0.25) is 26.0 Å². The van der Waals surface area contributed by atoms with Crippen molar-refractivity contribution in [2.45, 2.75) is 16.3 Å². The molecule has 2 heterocycles. The zero-order valence-corrected chi connectivity index (χ0v) is 18.3. The monoisotopic (exact) mass is 477 g/mol. The summed E-state index contributed by atoms with van der Waals surface area (Å²) in [6, 6.07) is 5.13. The van der Waals surface area contributed by atoms with Crippen molar-refractivity contribution in [2.24, 2.45) is 0 Å². The van der Waals surface area contributed by atoms with E-state index in [0.717, 1.165) is 31.2 Å². The molecule has 0 saturated heterocycles. The number of nitrogens with zero attached hydrogens (tertiary/aromatic N) is 2. The van der Waals surface area contributed by atoms with Crippen LogP contribution in [0.5, 0.6) is 0 Å². The van der Waals surface area contributed by atoms with Gasteiger partial charge in [-0.2, -0.15) is 0 Å². The highest BCUT2D eigenvalue weighted by atomic mass is 35.5. The van der Waals surface area contributed by atoms with Crippen LogP contribution in [0, 0.1) is 0 Å². The van der Waals surface area contributed by atoms with Crippen molar-refractivity contribution in [2.75, 3.05) is 19.4 Å². The minimum atomic E-state index is -4.06. The lowest BCUT2D eigenvalue weighted by Gasteiger charge is -2.04. The molecule has 156 valence electrons. The molecule has 0 radical (unpaired) electrons. The third-order valence-corrected chi connectivity index (χ3v) is 8.03. The van der Waals surface area contributed by atoms with Crippen LogP contribution in [0.25, 0.3) is 10.2 Å². The van der Waals surface area contributed by atoms with E-state index in [1.165, 1.54) is 15.9 Å². The van der Waals surface area contributed by atoms with Gasteiger partial charge in [-0.25, -0.2) is 31.3 Å². The lowest BCUT2D eigenvalue weighted by atomic mass is 10.3. The quantitative estimate of drug-likeness (QED) is 0.467. The number of carbonyl (C=O) groups excluding carboxylic acids is 1. The Bertz CT molecular complexity index is 1250. The fourth-order valence-corrected chi connectivity index (χ4v) is 5.90. The Labute approximate surface area is 176 Å². The molecule has 0 fully saturated rings. The number of halogens is 1. The molecule has 0 aliphatic carbocycles. The van der Waals surface area contributed by atoms with Gasteiger partial charge >= 0.3 is 0 Å². The number of aromatic nitrogens is 2. The second kappa shape index (κ2) is 8.01. The Morgan fingerprint density at radius 1 is 1.10 bits per heavy atom. The normalized spacial score (nSPS) is 12.4. The Morgan fingerprint density at radius 3 is 2.24 bits per heavy atom. The molecule has 29 heavy (non-hydrogen) atoms. The highest BCUT2D eigenvalue weighted by Crippen LogP contribution is 2.28. The molecule has 0 saturated carbocycles. The molecule has 1 aromatic carbocycles. The maximum atomic E-state index is 12.4. The molecule has 3 aromatic rings. The predicted molar refractivity (Wildman–Crippen MR) is 110 cm³/mol. The topological polar surface area (TPSA) is 139 Å². The number of sulfonamides is 2. The molecular weight excluding hydrogens is 462 g/mol. The molecule has 0 aliphatic heterocycles. The second-order valence-electron chi connectivity index (χ2n) is 5.75. The summed E-state index contributed by atoms with van der Waals surface area (Å²) in [6.07, 6.45) is 2.15. The van der Waals surface area contributed by atoms with E-state index in [1.54, 1.807) is 18.2 Å². The van der Waals surface area contributed by atoms with Gasteiger partial charge in [0.15, 0.2) is 5.13 Å². The highest BCUT2D eigenvalue weighted by Gasteiger charge is 2.27. The Balaban J connectivity index is 1.87. The van der Waals surface area contributed by atoms with Crippen molar-refractivity contribution in [1.29, 1.82) is 0 Å². The van der Waals surface area contributed by atoms with Crippen LogP contribution in [-0.4, -0.2) is 46.4 Å². The Hall–Kier alpha value is -2.03. The first kappa shape index (κ1) is 21.7. The van der Waals surface area contributed by atoms with E-state index in [-0.39, 0.29) is 6.54 Å². The third-order valence-electron chi connectivity index (χ3n) is 3.85. The average Bonchev–Trinajstić information content (AvgIpc) is 3.25. The minimum absolute atomic E-state index is 0.317. The summed E-state index contributed by atoms with van der Waals surface area (Å²) < 4.78 is 54.8. The highest BCUT2D eigenvalue weighted by molar-refractivity contribution is 7.92. The molecule has 3 rings (SSSR count). The summed E-state index contributed by atoms with van der Waals surface area (Å²) in [5, 5.41) is 3.49. The van der Waals surface area contributed by atoms with Gasteiger partial charge in [-0.1, -0.05) is 22.9 Å². The van der Waals surface area contributed by atoms with Gasteiger partial charge in [-0.15, -0.1) is 0 Å². The van der Waals surface area contributed by atoms with E-state index >= 15 is 0 Å². The SMILES string of the molecule is CNS(=O)(=O)c1cn(CC(=O)Nc2nc3ccc(Cl)cc3s2)cc1S(=O)(=O)NC. The van der Waals surface area contributed by atoms with Gasteiger partial charge < -0.3 is 9.88 Å². The molecule has 14 heteroatoms. The summed E-state index contributed by atoms with van der Waals surface area (Å²) in [5.41, 5.74) is 0.667. The number of benzene rings is 1. The number of fused-ring (bicyclic) bond motifs is 1. The van der Waals surface area contributed by atoms with Gasteiger partial charge in [0.25, 0.3) is 0 Å². The predicted octanol–water partition coefficient (Wildman–Crippen LogP) is 1.21. The fourth-order valence-electron chi connectivity index (χ4n) is 2.46. The van der Waals surface area contributed by atoms with E-state index < -0.39 is 35.7 Å². The van der Waals surface area contributed by atoms with Crippen molar-refractivity contribution < 1.29 is 21.6 Å². The lowest BCUT2D eigenvalue weighted by molar-refractivity contribution is -0.116. The molecule has 0 aliphatic rings. The maximum Gasteiger partial charge on any atom is 0.246 e. The van der Waals surface area contributed by atoms with Crippen LogP contribution in [0.2, 0.25) is 5.02 Å². The van der Waals surface area contributed by atoms with Crippen LogP contribution in [0.15, 0.2) is 40.4 Å². The van der Waals surface area contributed by atoms with Crippen molar-refractivity contribution in [3.8, 4) is 0 Å². The largest absolute Gasteiger partial charge is 0.342 e. The summed E-state index contributed by atoms with van der Waals surface area (Å²) in [5.74, 6) is -0.507. The van der Waals surface area contributed by atoms with Crippen molar-refractivity contribution >= 4 is 64.2 Å². The molecule has 0 unspecified atom stereocenters. The summed E-state index contributed by atoms with van der Waals surface area (Å²) in [4.78, 5) is 15.7. The first-order valence-electron chi connectivity index (χ1n) is 7.98. The summed E-state index contributed by atoms with van der Waals surface area (Å²) in [7, 11) is -5.80. The number of hydrogen-bond acceptors (Lipinski definition) is 7. The number of hydrogen-bond donors (Lipinski definition) is 3. The van der Waals surface area contributed by atoms with E-state index in [2.05, 4.69) is 19.7 Å². The van der Waals surface area contributed by atoms with Gasteiger partial charge in [0.1, 0.15) is 16.3 Å². The van der Waals surface area contributed by atoms with E-state index in [0.29, 0.717) is 15.7 Å². The first-order chi connectivity index (χ1) is 13.6. The standard InChI is InChI=1S/C15H16ClN5O5S3/c1-17-28(23,24)12-6-21(7-13(12)29(25,26)18-2)8-14(22)20-15-19-10-4-3-9(16)5-11(10)27-15/h3-7,17-18H,8H2,1-2H3,(H,19,20,22). The van der Waals surface area contributed by atoms with Gasteiger partial charge in [-0.05, 0) is 32.3 Å². The smallest absolute Gasteiger partial charge is 0.246 e. The average molecular weight is 478 g/mol. The van der Waals surface area contributed by atoms with Gasteiger partial charge in [0.05, 0.1) is 10.2 Å². The molecule has 0 bridgehead atoms. The van der Waals surface area contributed by atoms with Crippen LogP contribution < -0.4 is 14.8 Å². The van der Waals surface area contributed by atoms with Crippen LogP contribution in [-0.2, 0) is 31.4 Å². The molecule has 1 amide bonds. The van der Waals surface area contributed by atoms with Crippen LogP contribution in [0.1, 0.15) is 0 Å². The number of carbonyl (C=O) groups is 1. The van der Waals surface area contributed by atoms with E-state index in [1.807, 2.05) is 0 Å². The number of nitrogens with one attached hydrogen (secondary N) is 3. The number of anilines is 1. The zero-order chi connectivity index (χ0) is 21.4. The van der Waals surface area contributed by atoms with Crippen molar-refractivity contribution in [3.05, 3.63) is 35.6 Å². The van der Waals surface area contributed by atoms with Crippen molar-refractivity contribution in [3.63, 3.8) is 0 Å². The minimum Gasteiger partial charge on any atom is -0.342 e. The van der Waals surface area contributed by atoms with Crippen LogP contribution in [0.4, 0.5) is 5.13 Å². The molecule has 10 nitrogen and oxygen atoms in total. The van der Waals surface area contributed by atoms with E-state index in [9.17, 15) is 21.6 Å². The molecular formula is C15H16ClN5O5S3. The third kappa shape index (κ3) is 4.60. The molecule has 3 N–H and O–H groups in total. The Kier molecular flexibility index (Phi) is 5.98. The van der Waals surface area contributed by atoms with Gasteiger partial charge in [-0.3, -0.25) is 4.79 Å². The molecule has 0 atom stereocenters. The van der Waals surface area contributed by atoms with Crippen LogP contribution >= 0.6 is 22.9 Å². The molecule has 2 aromatic heterocycles. The number of rotatable bonds is 7. The van der Waals surface area contributed by atoms with Gasteiger partial charge in [0, 0.05) is 17.4 Å². The summed E-state index contributed by atoms with van der Waals surface area (Å²) >= 11 is 7.16. The van der Waals surface area contributed by atoms with Crippen LogP contribution in [0.3, 0.4) is 0 Å². The first-order valence-corrected chi connectivity index (χ1v) is 12.1. The number of amides is 1.